The quantitative estimate of drug-likeness (QED) is 0.156. The molecule has 0 fully saturated rings. The molecule has 0 heterocycles. The van der Waals surface area contributed by atoms with Gasteiger partial charge >= 0.3 is 6.18 Å². The third-order valence-corrected chi connectivity index (χ3v) is 6.71. The van der Waals surface area contributed by atoms with Crippen molar-refractivity contribution in [3.05, 3.63) is 65.0 Å². The van der Waals surface area contributed by atoms with Gasteiger partial charge in [0.15, 0.2) is 0 Å². The van der Waals surface area contributed by atoms with E-state index in [1.807, 2.05) is 6.92 Å². The molecule has 0 aromatic heterocycles. The fraction of sp³-hybridized carbons (Fsp3) is 0.548. The van der Waals surface area contributed by atoms with Crippen LogP contribution in [0.4, 0.5) is 17.6 Å². The summed E-state index contributed by atoms with van der Waals surface area (Å²) in [6, 6.07) is 9.86. The van der Waals surface area contributed by atoms with Crippen molar-refractivity contribution in [2.45, 2.75) is 64.6 Å². The van der Waals surface area contributed by atoms with Crippen LogP contribution < -0.4 is 15.8 Å². The van der Waals surface area contributed by atoms with Crippen LogP contribution in [0.25, 0.3) is 0 Å². The monoisotopic (exact) mass is 597 g/mol. The lowest BCUT2D eigenvalue weighted by atomic mass is 10.1. The summed E-state index contributed by atoms with van der Waals surface area (Å²) in [6.45, 7) is 4.68. The molecule has 0 spiro atoms. The van der Waals surface area contributed by atoms with Gasteiger partial charge in [0.05, 0.1) is 18.8 Å². The topological polar surface area (TPSA) is 93.9 Å². The van der Waals surface area contributed by atoms with Crippen LogP contribution in [0, 0.1) is 11.7 Å². The molecule has 2 amide bonds. The Balaban J connectivity index is 1.80. The van der Waals surface area contributed by atoms with Gasteiger partial charge in [-0.05, 0) is 68.0 Å². The number of methoxy groups -OCH3 is 1. The van der Waals surface area contributed by atoms with Gasteiger partial charge in [0.2, 0.25) is 11.8 Å². The Labute approximate surface area is 245 Å². The smallest absolute Gasteiger partial charge is 0.416 e. The molecule has 0 aliphatic rings. The van der Waals surface area contributed by atoms with Crippen molar-refractivity contribution in [2.75, 3.05) is 40.0 Å². The van der Waals surface area contributed by atoms with E-state index >= 15 is 0 Å². The van der Waals surface area contributed by atoms with Gasteiger partial charge in [0.1, 0.15) is 11.6 Å². The zero-order chi connectivity index (χ0) is 31.0. The molecule has 0 radical (unpaired) electrons. The lowest BCUT2D eigenvalue weighted by Crippen LogP contribution is -2.35. The van der Waals surface area contributed by atoms with Crippen LogP contribution >= 0.6 is 0 Å². The highest BCUT2D eigenvalue weighted by molar-refractivity contribution is 5.82. The number of hydrogen-bond donors (Lipinski definition) is 2. The fourth-order valence-corrected chi connectivity index (χ4v) is 4.54. The first kappa shape index (κ1) is 35.0. The average Bonchev–Trinajstić information content (AvgIpc) is 2.93. The number of carbonyl (C=O) groups is 2. The third-order valence-electron chi connectivity index (χ3n) is 6.71. The van der Waals surface area contributed by atoms with E-state index in [0.717, 1.165) is 37.0 Å². The van der Waals surface area contributed by atoms with Gasteiger partial charge in [-0.2, -0.15) is 13.2 Å². The molecule has 2 aromatic rings. The highest BCUT2D eigenvalue weighted by Crippen LogP contribution is 2.29. The molecule has 11 heteroatoms. The highest BCUT2D eigenvalue weighted by atomic mass is 19.4. The molecule has 2 aromatic carbocycles. The summed E-state index contributed by atoms with van der Waals surface area (Å²) in [6.07, 6.45) is -0.702. The summed E-state index contributed by atoms with van der Waals surface area (Å²) < 4.78 is 64.2. The number of carbonyl (C=O) groups excluding carboxylic acids is 2. The summed E-state index contributed by atoms with van der Waals surface area (Å²) in [4.78, 5) is 25.3. The lowest BCUT2D eigenvalue weighted by Gasteiger charge is -2.25. The van der Waals surface area contributed by atoms with Gasteiger partial charge in [-0.15, -0.1) is 0 Å². The molecule has 1 atom stereocenters. The molecule has 0 aliphatic carbocycles. The lowest BCUT2D eigenvalue weighted by molar-refractivity contribution is -0.137. The van der Waals surface area contributed by atoms with E-state index in [0.29, 0.717) is 56.9 Å². The second-order valence-corrected chi connectivity index (χ2v) is 10.4. The number of nitrogens with zero attached hydrogens (tertiary/aromatic N) is 1. The molecule has 2 rings (SSSR count). The van der Waals surface area contributed by atoms with Crippen LogP contribution in [-0.4, -0.2) is 56.7 Å². The Hall–Kier alpha value is -3.18. The number of halogens is 4. The van der Waals surface area contributed by atoms with E-state index in [1.165, 1.54) is 18.2 Å². The summed E-state index contributed by atoms with van der Waals surface area (Å²) in [5.41, 5.74) is 5.87. The first-order chi connectivity index (χ1) is 20.0. The molecule has 42 heavy (non-hydrogen) atoms. The first-order valence-electron chi connectivity index (χ1n) is 14.4. The SMILES string of the molecule is CCCN(CCC(COC)COc1cc(F)cc(CCCCNCc2cccc(C(F)(F)F)c2)c1)C(=O)CCC(N)=O. The number of unbranched alkanes of at least 4 members (excludes halogenated alkanes) is 1. The van der Waals surface area contributed by atoms with Crippen LogP contribution in [-0.2, 0) is 33.5 Å². The number of nitrogens with two attached hydrogens (primary N) is 1. The second-order valence-electron chi connectivity index (χ2n) is 10.4. The van der Waals surface area contributed by atoms with Crippen LogP contribution in [0.3, 0.4) is 0 Å². The number of primary amides is 1. The van der Waals surface area contributed by atoms with Crippen molar-refractivity contribution in [1.29, 1.82) is 0 Å². The van der Waals surface area contributed by atoms with E-state index in [2.05, 4.69) is 5.32 Å². The van der Waals surface area contributed by atoms with E-state index in [-0.39, 0.29) is 31.3 Å². The van der Waals surface area contributed by atoms with Gasteiger partial charge in [0, 0.05) is 51.6 Å². The Bertz CT molecular complexity index is 1110. The van der Waals surface area contributed by atoms with Gasteiger partial charge in [-0.1, -0.05) is 25.1 Å². The molecule has 0 saturated heterocycles. The number of benzene rings is 2. The molecule has 3 N–H and O–H groups in total. The molecule has 7 nitrogen and oxygen atoms in total. The van der Waals surface area contributed by atoms with Crippen molar-refractivity contribution in [2.24, 2.45) is 11.7 Å². The Morgan fingerprint density at radius 3 is 2.50 bits per heavy atom. The minimum Gasteiger partial charge on any atom is -0.493 e. The second kappa shape index (κ2) is 18.4. The minimum atomic E-state index is -4.36. The molecule has 0 bridgehead atoms. The number of hydrogen-bond acceptors (Lipinski definition) is 5. The maximum absolute atomic E-state index is 14.3. The van der Waals surface area contributed by atoms with Gasteiger partial charge < -0.3 is 25.4 Å². The number of aryl methyl sites for hydroxylation is 1. The molecule has 0 saturated carbocycles. The van der Waals surface area contributed by atoms with E-state index < -0.39 is 23.5 Å². The Morgan fingerprint density at radius 1 is 1.02 bits per heavy atom. The molecular formula is C31H43F4N3O4. The minimum absolute atomic E-state index is 0.0158. The molecular weight excluding hydrogens is 554 g/mol. The number of nitrogens with one attached hydrogen (secondary N) is 1. The maximum Gasteiger partial charge on any atom is 0.416 e. The van der Waals surface area contributed by atoms with Crippen LogP contribution in [0.2, 0.25) is 0 Å². The highest BCUT2D eigenvalue weighted by Gasteiger charge is 2.30. The van der Waals surface area contributed by atoms with Crippen molar-refractivity contribution in [1.82, 2.24) is 10.2 Å². The Morgan fingerprint density at radius 2 is 1.81 bits per heavy atom. The van der Waals surface area contributed by atoms with E-state index in [4.69, 9.17) is 15.2 Å². The van der Waals surface area contributed by atoms with E-state index in [1.54, 1.807) is 24.1 Å². The van der Waals surface area contributed by atoms with Gasteiger partial charge in [0.25, 0.3) is 0 Å². The number of rotatable bonds is 20. The van der Waals surface area contributed by atoms with Gasteiger partial charge in [-0.3, -0.25) is 9.59 Å². The van der Waals surface area contributed by atoms with Crippen molar-refractivity contribution < 1.29 is 36.6 Å². The zero-order valence-electron chi connectivity index (χ0n) is 24.5. The van der Waals surface area contributed by atoms with Crippen LogP contribution in [0.15, 0.2) is 42.5 Å². The molecule has 234 valence electrons. The number of alkyl halides is 3. The average molecular weight is 598 g/mol. The van der Waals surface area contributed by atoms with Crippen LogP contribution in [0.1, 0.15) is 62.1 Å². The van der Waals surface area contributed by atoms with Crippen molar-refractivity contribution in [3.8, 4) is 5.75 Å². The predicted molar refractivity (Wildman–Crippen MR) is 153 cm³/mol. The number of amides is 2. The largest absolute Gasteiger partial charge is 0.493 e. The Kier molecular flexibility index (Phi) is 15.3. The van der Waals surface area contributed by atoms with Crippen LogP contribution in [0.5, 0.6) is 5.75 Å². The summed E-state index contributed by atoms with van der Waals surface area (Å²) in [5.74, 6) is -0.647. The summed E-state index contributed by atoms with van der Waals surface area (Å²) in [5, 5.41) is 3.16. The third kappa shape index (κ3) is 13.7. The standard InChI is InChI=1S/C31H43F4N3O4/c1-3-14-38(30(40)11-10-29(36)39)15-12-25(21-41-2)22-42-28-18-23(17-27(32)19-28)7-4-5-13-37-20-24-8-6-9-26(16-24)31(33,34)35/h6,8-9,16-19,25,37H,3-5,7,10-15,20-22H2,1-2H3,(H2,36,39). The molecule has 0 aliphatic heterocycles. The predicted octanol–water partition coefficient (Wildman–Crippen LogP) is 5.49. The van der Waals surface area contributed by atoms with Gasteiger partial charge in [-0.25, -0.2) is 4.39 Å². The molecule has 1 unspecified atom stereocenters. The number of ether oxygens (including phenoxy) is 2. The summed E-state index contributed by atoms with van der Waals surface area (Å²) in [7, 11) is 1.59. The zero-order valence-corrected chi connectivity index (χ0v) is 24.5. The van der Waals surface area contributed by atoms with E-state index in [9.17, 15) is 27.2 Å². The fourth-order valence-electron chi connectivity index (χ4n) is 4.54. The van der Waals surface area contributed by atoms with Crippen molar-refractivity contribution in [3.63, 3.8) is 0 Å². The maximum atomic E-state index is 14.3. The normalized spacial score (nSPS) is 12.2. The summed E-state index contributed by atoms with van der Waals surface area (Å²) >= 11 is 0. The van der Waals surface area contributed by atoms with Crippen molar-refractivity contribution >= 4 is 11.8 Å². The first-order valence-corrected chi connectivity index (χ1v) is 14.4.